The van der Waals surface area contributed by atoms with E-state index in [1.807, 2.05) is 0 Å². The van der Waals surface area contributed by atoms with Crippen molar-refractivity contribution < 1.29 is 18.4 Å². The molecule has 2 aromatic carbocycles. The van der Waals surface area contributed by atoms with Crippen molar-refractivity contribution >= 4 is 21.6 Å². The fraction of sp³-hybridized carbons (Fsp3) is 0.0769. The van der Waals surface area contributed by atoms with Crippen molar-refractivity contribution in [3.05, 3.63) is 62.1 Å². The van der Waals surface area contributed by atoms with Gasteiger partial charge < -0.3 is 4.74 Å². The Hall–Kier alpha value is -2.02. The molecule has 7 heteroatoms. The third kappa shape index (κ3) is 2.93. The summed E-state index contributed by atoms with van der Waals surface area (Å²) in [5.74, 6) is -2.44. The Morgan fingerprint density at radius 3 is 2.55 bits per heavy atom. The van der Waals surface area contributed by atoms with Crippen LogP contribution in [0.4, 0.5) is 14.5 Å². The zero-order chi connectivity index (χ0) is 14.9. The summed E-state index contributed by atoms with van der Waals surface area (Å²) in [5.41, 5.74) is -0.224. The maximum absolute atomic E-state index is 13.5. The monoisotopic (exact) mass is 343 g/mol. The second kappa shape index (κ2) is 5.54. The largest absolute Gasteiger partial charge is 0.450 e. The molecule has 0 saturated carbocycles. The van der Waals surface area contributed by atoms with E-state index in [9.17, 15) is 18.9 Å². The molecular formula is C13H8BrF2NO3. The highest BCUT2D eigenvalue weighted by Gasteiger charge is 2.24. The summed E-state index contributed by atoms with van der Waals surface area (Å²) in [6, 6.07) is 6.24. The second-order valence-corrected chi connectivity index (χ2v) is 4.92. The maximum atomic E-state index is 13.5. The fourth-order valence-corrected chi connectivity index (χ4v) is 1.94. The molecule has 0 aliphatic rings. The molecule has 0 unspecified atom stereocenters. The van der Waals surface area contributed by atoms with Crippen molar-refractivity contribution in [3.8, 4) is 11.5 Å². The van der Waals surface area contributed by atoms with Crippen LogP contribution in [0.2, 0.25) is 0 Å². The number of benzene rings is 2. The van der Waals surface area contributed by atoms with Crippen LogP contribution in [0.25, 0.3) is 0 Å². The minimum Gasteiger partial charge on any atom is -0.450 e. The van der Waals surface area contributed by atoms with Crippen LogP contribution in [-0.4, -0.2) is 4.92 Å². The molecule has 2 aromatic rings. The lowest BCUT2D eigenvalue weighted by molar-refractivity contribution is -0.388. The quantitative estimate of drug-likeness (QED) is 0.597. The van der Waals surface area contributed by atoms with E-state index in [1.165, 1.54) is 0 Å². The van der Waals surface area contributed by atoms with Crippen LogP contribution in [0.3, 0.4) is 0 Å². The number of ether oxygens (including phenoxy) is 1. The summed E-state index contributed by atoms with van der Waals surface area (Å²) >= 11 is 3.22. The lowest BCUT2D eigenvalue weighted by atomic mass is 10.2. The van der Waals surface area contributed by atoms with Crippen LogP contribution < -0.4 is 4.74 Å². The van der Waals surface area contributed by atoms with Crippen molar-refractivity contribution in [2.75, 3.05) is 0 Å². The fourth-order valence-electron chi connectivity index (χ4n) is 1.60. The Bertz CT molecular complexity index is 692. The van der Waals surface area contributed by atoms with Crippen molar-refractivity contribution in [1.29, 1.82) is 0 Å². The molecule has 0 radical (unpaired) electrons. The summed E-state index contributed by atoms with van der Waals surface area (Å²) in [5, 5.41) is 10.8. The second-order valence-electron chi connectivity index (χ2n) is 4.00. The first-order chi connectivity index (χ1) is 9.38. The lowest BCUT2D eigenvalue weighted by Crippen LogP contribution is -1.99. The number of nitrogens with zero attached hydrogens (tertiary/aromatic N) is 1. The highest BCUT2D eigenvalue weighted by molar-refractivity contribution is 9.10. The van der Waals surface area contributed by atoms with E-state index in [0.29, 0.717) is 16.1 Å². The first kappa shape index (κ1) is 14.4. The zero-order valence-electron chi connectivity index (χ0n) is 10.2. The van der Waals surface area contributed by atoms with Crippen LogP contribution in [0, 0.1) is 28.7 Å². The smallest absolute Gasteiger partial charge is 0.347 e. The van der Waals surface area contributed by atoms with Gasteiger partial charge in [-0.25, -0.2) is 4.39 Å². The molecule has 0 amide bonds. The molecule has 0 aliphatic heterocycles. The van der Waals surface area contributed by atoms with E-state index in [0.717, 1.165) is 6.07 Å². The summed E-state index contributed by atoms with van der Waals surface area (Å²) in [7, 11) is 0. The average molecular weight is 344 g/mol. The predicted octanol–water partition coefficient (Wildman–Crippen LogP) is 4.74. The van der Waals surface area contributed by atoms with Gasteiger partial charge in [0.05, 0.1) is 4.92 Å². The molecule has 2 rings (SSSR count). The molecule has 0 atom stereocenters. The topological polar surface area (TPSA) is 52.4 Å². The van der Waals surface area contributed by atoms with E-state index >= 15 is 0 Å². The Morgan fingerprint density at radius 1 is 1.20 bits per heavy atom. The van der Waals surface area contributed by atoms with Crippen LogP contribution in [0.15, 0.2) is 34.8 Å². The van der Waals surface area contributed by atoms with E-state index in [1.54, 1.807) is 25.1 Å². The SMILES string of the molecule is Cc1ccc(Br)cc1Oc1cc(F)cc(F)c1[N+](=O)[O-]. The molecule has 0 aliphatic carbocycles. The van der Waals surface area contributed by atoms with Crippen molar-refractivity contribution in [1.82, 2.24) is 0 Å². The maximum Gasteiger partial charge on any atom is 0.347 e. The molecule has 0 N–H and O–H groups in total. The number of hydrogen-bond donors (Lipinski definition) is 0. The highest BCUT2D eigenvalue weighted by atomic mass is 79.9. The van der Waals surface area contributed by atoms with Crippen molar-refractivity contribution in [3.63, 3.8) is 0 Å². The van der Waals surface area contributed by atoms with E-state index in [4.69, 9.17) is 4.74 Å². The summed E-state index contributed by atoms with van der Waals surface area (Å²) in [6.07, 6.45) is 0. The van der Waals surface area contributed by atoms with Crippen molar-refractivity contribution in [2.24, 2.45) is 0 Å². The number of nitro groups is 1. The molecule has 104 valence electrons. The molecule has 0 saturated heterocycles. The van der Waals surface area contributed by atoms with E-state index in [-0.39, 0.29) is 5.75 Å². The molecule has 0 aromatic heterocycles. The van der Waals surface area contributed by atoms with Gasteiger partial charge in [0.15, 0.2) is 0 Å². The first-order valence-electron chi connectivity index (χ1n) is 5.46. The van der Waals surface area contributed by atoms with Gasteiger partial charge in [0.1, 0.15) is 11.6 Å². The number of halogens is 3. The Kier molecular flexibility index (Phi) is 3.99. The lowest BCUT2D eigenvalue weighted by Gasteiger charge is -2.10. The van der Waals surface area contributed by atoms with Gasteiger partial charge in [-0.05, 0) is 24.6 Å². The third-order valence-corrected chi connectivity index (χ3v) is 3.04. The number of rotatable bonds is 3. The van der Waals surface area contributed by atoms with E-state index in [2.05, 4.69) is 15.9 Å². The molecule has 0 fully saturated rings. The number of aryl methyl sites for hydroxylation is 1. The van der Waals surface area contributed by atoms with Crippen LogP contribution >= 0.6 is 15.9 Å². The van der Waals surface area contributed by atoms with Gasteiger partial charge in [0.25, 0.3) is 0 Å². The molecular weight excluding hydrogens is 336 g/mol. The molecule has 0 spiro atoms. The molecule has 20 heavy (non-hydrogen) atoms. The van der Waals surface area contributed by atoms with Gasteiger partial charge in [-0.3, -0.25) is 10.1 Å². The number of nitro benzene ring substituents is 1. The first-order valence-corrected chi connectivity index (χ1v) is 6.25. The average Bonchev–Trinajstić information content (AvgIpc) is 2.32. The minimum atomic E-state index is -1.28. The normalized spacial score (nSPS) is 10.4. The van der Waals surface area contributed by atoms with Crippen molar-refractivity contribution in [2.45, 2.75) is 6.92 Å². The van der Waals surface area contributed by atoms with Crippen LogP contribution in [0.1, 0.15) is 5.56 Å². The molecule has 0 heterocycles. The Balaban J connectivity index is 2.53. The van der Waals surface area contributed by atoms with Gasteiger partial charge >= 0.3 is 5.69 Å². The minimum absolute atomic E-state index is 0.271. The van der Waals surface area contributed by atoms with Gasteiger partial charge in [-0.15, -0.1) is 0 Å². The predicted molar refractivity (Wildman–Crippen MR) is 72.0 cm³/mol. The third-order valence-electron chi connectivity index (χ3n) is 2.55. The summed E-state index contributed by atoms with van der Waals surface area (Å²) in [6.45, 7) is 1.71. The standard InChI is InChI=1S/C13H8BrF2NO3/c1-7-2-3-8(14)4-11(7)20-12-6-9(15)5-10(16)13(12)17(18)19/h2-6H,1H3. The summed E-state index contributed by atoms with van der Waals surface area (Å²) in [4.78, 5) is 9.90. The summed E-state index contributed by atoms with van der Waals surface area (Å²) < 4.78 is 32.6. The van der Waals surface area contributed by atoms with E-state index < -0.39 is 28.0 Å². The Morgan fingerprint density at radius 2 is 1.90 bits per heavy atom. The van der Waals surface area contributed by atoms with Crippen LogP contribution in [-0.2, 0) is 0 Å². The Labute approximate surface area is 121 Å². The highest BCUT2D eigenvalue weighted by Crippen LogP contribution is 2.36. The molecule has 4 nitrogen and oxygen atoms in total. The van der Waals surface area contributed by atoms with Gasteiger partial charge in [0.2, 0.25) is 11.6 Å². The van der Waals surface area contributed by atoms with Crippen LogP contribution in [0.5, 0.6) is 11.5 Å². The molecule has 0 bridgehead atoms. The van der Waals surface area contributed by atoms with Gasteiger partial charge in [-0.1, -0.05) is 22.0 Å². The zero-order valence-corrected chi connectivity index (χ0v) is 11.8. The number of hydrogen-bond acceptors (Lipinski definition) is 3. The van der Waals surface area contributed by atoms with Gasteiger partial charge in [-0.2, -0.15) is 4.39 Å². The van der Waals surface area contributed by atoms with Gasteiger partial charge in [0, 0.05) is 16.6 Å².